The first kappa shape index (κ1) is 16.1. The van der Waals surface area contributed by atoms with Crippen LogP contribution in [-0.4, -0.2) is 29.5 Å². The van der Waals surface area contributed by atoms with Crippen molar-refractivity contribution < 1.29 is 0 Å². The molecule has 128 valence electrons. The Hall–Kier alpha value is -2.43. The summed E-state index contributed by atoms with van der Waals surface area (Å²) in [5.74, 6) is 0. The summed E-state index contributed by atoms with van der Waals surface area (Å²) in [6, 6.07) is 19.0. The Bertz CT molecular complexity index is 933. The number of aromatic nitrogens is 1. The molecule has 3 aromatic rings. The van der Waals surface area contributed by atoms with Gasteiger partial charge in [-0.25, -0.2) is 0 Å². The summed E-state index contributed by atoms with van der Waals surface area (Å²) >= 11 is 0. The van der Waals surface area contributed by atoms with Gasteiger partial charge in [-0.2, -0.15) is 0 Å². The SMILES string of the molecule is Cc1ccc2[nH]c(=O)c(CN3CCN[C@@H](c4ccccc4)C3)cc2c1. The van der Waals surface area contributed by atoms with Crippen molar-refractivity contribution in [3.8, 4) is 0 Å². The summed E-state index contributed by atoms with van der Waals surface area (Å²) in [5.41, 5.74) is 4.27. The quantitative estimate of drug-likeness (QED) is 0.775. The van der Waals surface area contributed by atoms with Gasteiger partial charge in [0.2, 0.25) is 0 Å². The van der Waals surface area contributed by atoms with Crippen molar-refractivity contribution in [3.63, 3.8) is 0 Å². The molecule has 4 nitrogen and oxygen atoms in total. The Morgan fingerprint density at radius 2 is 1.96 bits per heavy atom. The van der Waals surface area contributed by atoms with Gasteiger partial charge in [0.15, 0.2) is 0 Å². The Balaban J connectivity index is 1.56. The van der Waals surface area contributed by atoms with E-state index in [1.165, 1.54) is 11.1 Å². The number of pyridine rings is 1. The molecular formula is C21H23N3O. The van der Waals surface area contributed by atoms with Crippen LogP contribution in [0.1, 0.15) is 22.7 Å². The Labute approximate surface area is 147 Å². The minimum Gasteiger partial charge on any atom is -0.322 e. The number of hydrogen-bond donors (Lipinski definition) is 2. The molecule has 0 aliphatic carbocycles. The van der Waals surface area contributed by atoms with Gasteiger partial charge in [-0.05, 0) is 36.1 Å². The van der Waals surface area contributed by atoms with E-state index in [4.69, 9.17) is 0 Å². The van der Waals surface area contributed by atoms with Crippen molar-refractivity contribution >= 4 is 10.9 Å². The number of hydrogen-bond acceptors (Lipinski definition) is 3. The molecule has 1 aromatic heterocycles. The number of piperazine rings is 1. The van der Waals surface area contributed by atoms with Crippen molar-refractivity contribution in [3.05, 3.63) is 81.6 Å². The van der Waals surface area contributed by atoms with E-state index in [0.29, 0.717) is 12.6 Å². The van der Waals surface area contributed by atoms with Gasteiger partial charge in [0.05, 0.1) is 0 Å². The van der Waals surface area contributed by atoms with Gasteiger partial charge in [0, 0.05) is 43.3 Å². The van der Waals surface area contributed by atoms with Crippen LogP contribution in [0.4, 0.5) is 0 Å². The highest BCUT2D eigenvalue weighted by atomic mass is 16.1. The Morgan fingerprint density at radius 1 is 1.12 bits per heavy atom. The van der Waals surface area contributed by atoms with Crippen molar-refractivity contribution in [1.29, 1.82) is 0 Å². The van der Waals surface area contributed by atoms with E-state index in [1.54, 1.807) is 0 Å². The van der Waals surface area contributed by atoms with Crippen molar-refractivity contribution in [2.24, 2.45) is 0 Å². The van der Waals surface area contributed by atoms with E-state index in [9.17, 15) is 4.79 Å². The third-order valence-corrected chi connectivity index (χ3v) is 4.93. The van der Waals surface area contributed by atoms with Crippen LogP contribution in [0.5, 0.6) is 0 Å². The minimum absolute atomic E-state index is 0.0196. The highest BCUT2D eigenvalue weighted by Gasteiger charge is 2.21. The van der Waals surface area contributed by atoms with Crippen LogP contribution < -0.4 is 10.9 Å². The maximum atomic E-state index is 12.4. The molecule has 4 rings (SSSR count). The lowest BCUT2D eigenvalue weighted by molar-refractivity contribution is 0.192. The topological polar surface area (TPSA) is 48.1 Å². The number of nitrogens with zero attached hydrogens (tertiary/aromatic N) is 1. The monoisotopic (exact) mass is 333 g/mol. The highest BCUT2D eigenvalue weighted by molar-refractivity contribution is 5.79. The van der Waals surface area contributed by atoms with Crippen LogP contribution in [0.15, 0.2) is 59.4 Å². The highest BCUT2D eigenvalue weighted by Crippen LogP contribution is 2.19. The fraction of sp³-hybridized carbons (Fsp3) is 0.286. The predicted octanol–water partition coefficient (Wildman–Crippen LogP) is 2.98. The molecule has 0 bridgehead atoms. The third kappa shape index (κ3) is 3.50. The number of rotatable bonds is 3. The van der Waals surface area contributed by atoms with Gasteiger partial charge in [-0.3, -0.25) is 9.69 Å². The molecule has 25 heavy (non-hydrogen) atoms. The molecule has 2 heterocycles. The normalized spacial score (nSPS) is 18.5. The lowest BCUT2D eigenvalue weighted by Gasteiger charge is -2.33. The van der Waals surface area contributed by atoms with Crippen LogP contribution in [-0.2, 0) is 6.54 Å². The smallest absolute Gasteiger partial charge is 0.252 e. The third-order valence-electron chi connectivity index (χ3n) is 4.93. The van der Waals surface area contributed by atoms with Crippen molar-refractivity contribution in [2.45, 2.75) is 19.5 Å². The summed E-state index contributed by atoms with van der Waals surface area (Å²) in [4.78, 5) is 17.8. The summed E-state index contributed by atoms with van der Waals surface area (Å²) in [6.45, 7) is 5.56. The second-order valence-electron chi connectivity index (χ2n) is 6.87. The largest absolute Gasteiger partial charge is 0.322 e. The predicted molar refractivity (Wildman–Crippen MR) is 102 cm³/mol. The van der Waals surface area contributed by atoms with E-state index in [0.717, 1.165) is 36.1 Å². The maximum absolute atomic E-state index is 12.4. The van der Waals surface area contributed by atoms with Crippen LogP contribution in [0, 0.1) is 6.92 Å². The Kier molecular flexibility index (Phi) is 4.38. The summed E-state index contributed by atoms with van der Waals surface area (Å²) in [6.07, 6.45) is 0. The molecule has 0 saturated carbocycles. The number of fused-ring (bicyclic) bond motifs is 1. The molecule has 1 atom stereocenters. The van der Waals surface area contributed by atoms with Crippen LogP contribution in [0.25, 0.3) is 10.9 Å². The zero-order valence-corrected chi connectivity index (χ0v) is 14.5. The summed E-state index contributed by atoms with van der Waals surface area (Å²) in [5, 5.41) is 4.68. The summed E-state index contributed by atoms with van der Waals surface area (Å²) in [7, 11) is 0. The first-order chi connectivity index (χ1) is 12.2. The number of aromatic amines is 1. The first-order valence-electron chi connectivity index (χ1n) is 8.82. The molecule has 1 aliphatic rings. The number of nitrogens with one attached hydrogen (secondary N) is 2. The van der Waals surface area contributed by atoms with Gasteiger partial charge in [0.25, 0.3) is 5.56 Å². The van der Waals surface area contributed by atoms with E-state index < -0.39 is 0 Å². The molecule has 0 amide bonds. The molecule has 1 aliphatic heterocycles. The van der Waals surface area contributed by atoms with Gasteiger partial charge in [-0.15, -0.1) is 0 Å². The van der Waals surface area contributed by atoms with E-state index in [-0.39, 0.29) is 5.56 Å². The van der Waals surface area contributed by atoms with E-state index >= 15 is 0 Å². The standard InChI is InChI=1S/C21H23N3O/c1-15-7-8-19-17(11-15)12-18(21(25)23-19)13-24-10-9-22-20(14-24)16-5-3-2-4-6-16/h2-8,11-12,20,22H,9-10,13-14H2,1H3,(H,23,25)/t20-/m1/s1. The fourth-order valence-electron chi connectivity index (χ4n) is 3.59. The zero-order valence-electron chi connectivity index (χ0n) is 14.5. The van der Waals surface area contributed by atoms with E-state index in [2.05, 4.69) is 52.5 Å². The average molecular weight is 333 g/mol. The number of aryl methyl sites for hydroxylation is 1. The Morgan fingerprint density at radius 3 is 2.80 bits per heavy atom. The second-order valence-corrected chi connectivity index (χ2v) is 6.87. The second kappa shape index (κ2) is 6.82. The van der Waals surface area contributed by atoms with Crippen molar-refractivity contribution in [1.82, 2.24) is 15.2 Å². The number of H-pyrrole nitrogens is 1. The molecule has 0 spiro atoms. The molecule has 2 N–H and O–H groups in total. The van der Waals surface area contributed by atoms with Gasteiger partial charge in [0.1, 0.15) is 0 Å². The molecule has 4 heteroatoms. The minimum atomic E-state index is 0.0196. The van der Waals surface area contributed by atoms with Crippen LogP contribution in [0.3, 0.4) is 0 Å². The lowest BCUT2D eigenvalue weighted by Crippen LogP contribution is -2.45. The average Bonchev–Trinajstić information content (AvgIpc) is 2.64. The molecule has 2 aromatic carbocycles. The van der Waals surface area contributed by atoms with Gasteiger partial charge >= 0.3 is 0 Å². The number of benzene rings is 2. The molecule has 0 radical (unpaired) electrons. The van der Waals surface area contributed by atoms with Gasteiger partial charge < -0.3 is 10.3 Å². The summed E-state index contributed by atoms with van der Waals surface area (Å²) < 4.78 is 0. The maximum Gasteiger partial charge on any atom is 0.252 e. The van der Waals surface area contributed by atoms with Crippen LogP contribution in [0.2, 0.25) is 0 Å². The van der Waals surface area contributed by atoms with Gasteiger partial charge in [-0.1, -0.05) is 42.0 Å². The fourth-order valence-corrected chi connectivity index (χ4v) is 3.59. The lowest BCUT2D eigenvalue weighted by atomic mass is 10.0. The molecular weight excluding hydrogens is 310 g/mol. The molecule has 1 fully saturated rings. The zero-order chi connectivity index (χ0) is 17.2. The van der Waals surface area contributed by atoms with Crippen molar-refractivity contribution in [2.75, 3.05) is 19.6 Å². The molecule has 0 unspecified atom stereocenters. The first-order valence-corrected chi connectivity index (χ1v) is 8.82. The molecule has 1 saturated heterocycles. The van der Waals surface area contributed by atoms with Crippen LogP contribution >= 0.6 is 0 Å². The van der Waals surface area contributed by atoms with E-state index in [1.807, 2.05) is 24.3 Å².